The van der Waals surface area contributed by atoms with Crippen molar-refractivity contribution in [2.75, 3.05) is 67.0 Å². The molecular formula is C23H47N5O3. The number of aliphatic imine (C=N–C) groups is 1. The molecule has 0 aromatic rings. The van der Waals surface area contributed by atoms with Crippen molar-refractivity contribution in [2.24, 2.45) is 10.9 Å². The van der Waals surface area contributed by atoms with Gasteiger partial charge in [-0.2, -0.15) is 0 Å². The molecule has 0 spiro atoms. The van der Waals surface area contributed by atoms with E-state index in [-0.39, 0.29) is 12.2 Å². The smallest absolute Gasteiger partial charge is 0.410 e. The fourth-order valence-electron chi connectivity index (χ4n) is 3.72. The van der Waals surface area contributed by atoms with Crippen LogP contribution < -0.4 is 5.32 Å². The molecule has 1 fully saturated rings. The van der Waals surface area contributed by atoms with Crippen LogP contribution in [0.25, 0.3) is 0 Å². The number of amides is 1. The third-order valence-electron chi connectivity index (χ3n) is 5.43. The molecule has 0 aliphatic carbocycles. The Hall–Kier alpha value is -1.54. The zero-order valence-corrected chi connectivity index (χ0v) is 21.2. The van der Waals surface area contributed by atoms with E-state index >= 15 is 0 Å². The summed E-state index contributed by atoms with van der Waals surface area (Å²) >= 11 is 0. The largest absolute Gasteiger partial charge is 0.444 e. The van der Waals surface area contributed by atoms with Crippen LogP contribution in [0.5, 0.6) is 0 Å². The van der Waals surface area contributed by atoms with Gasteiger partial charge in [-0.05, 0) is 73.9 Å². The first kappa shape index (κ1) is 27.5. The highest BCUT2D eigenvalue weighted by atomic mass is 16.6. The number of hydrogen-bond donors (Lipinski definition) is 1. The van der Waals surface area contributed by atoms with E-state index in [4.69, 9.17) is 9.47 Å². The summed E-state index contributed by atoms with van der Waals surface area (Å²) in [6.45, 7) is 15.6. The lowest BCUT2D eigenvalue weighted by Gasteiger charge is -2.37. The van der Waals surface area contributed by atoms with Crippen molar-refractivity contribution in [1.29, 1.82) is 0 Å². The van der Waals surface area contributed by atoms with E-state index < -0.39 is 5.60 Å². The molecule has 0 aromatic carbocycles. The Labute approximate surface area is 190 Å². The van der Waals surface area contributed by atoms with Crippen LogP contribution in [0.4, 0.5) is 4.79 Å². The van der Waals surface area contributed by atoms with E-state index in [9.17, 15) is 4.79 Å². The van der Waals surface area contributed by atoms with Gasteiger partial charge in [-0.25, -0.2) is 4.79 Å². The molecule has 1 aliphatic heterocycles. The second-order valence-corrected chi connectivity index (χ2v) is 9.55. The van der Waals surface area contributed by atoms with E-state index in [0.717, 1.165) is 64.6 Å². The van der Waals surface area contributed by atoms with Crippen molar-refractivity contribution in [3.05, 3.63) is 0 Å². The first-order chi connectivity index (χ1) is 14.6. The molecule has 1 unspecified atom stereocenters. The average Bonchev–Trinajstić information content (AvgIpc) is 2.70. The van der Waals surface area contributed by atoms with Crippen LogP contribution in [0.3, 0.4) is 0 Å². The van der Waals surface area contributed by atoms with Crippen LogP contribution in [0, 0.1) is 5.92 Å². The number of ether oxygens (including phenoxy) is 2. The number of carbonyl (C=O) groups is 1. The molecule has 0 radical (unpaired) electrons. The second-order valence-electron chi connectivity index (χ2n) is 9.55. The third kappa shape index (κ3) is 11.1. The van der Waals surface area contributed by atoms with E-state index in [1.165, 1.54) is 0 Å². The lowest BCUT2D eigenvalue weighted by molar-refractivity contribution is 0.0214. The molecule has 0 bridgehead atoms. The van der Waals surface area contributed by atoms with E-state index in [1.807, 2.05) is 46.6 Å². The Morgan fingerprint density at radius 3 is 2.35 bits per heavy atom. The van der Waals surface area contributed by atoms with Crippen LogP contribution in [0.1, 0.15) is 53.9 Å². The van der Waals surface area contributed by atoms with E-state index in [0.29, 0.717) is 12.5 Å². The lowest BCUT2D eigenvalue weighted by Crippen LogP contribution is -2.49. The average molecular weight is 442 g/mol. The zero-order chi connectivity index (χ0) is 23.4. The van der Waals surface area contributed by atoms with Crippen molar-refractivity contribution in [3.63, 3.8) is 0 Å². The molecule has 1 N–H and O–H groups in total. The highest BCUT2D eigenvalue weighted by Gasteiger charge is 2.27. The molecule has 1 aliphatic rings. The summed E-state index contributed by atoms with van der Waals surface area (Å²) in [6, 6.07) is 0. The number of piperidine rings is 1. The predicted octanol–water partition coefficient (Wildman–Crippen LogP) is 2.89. The normalized spacial score (nSPS) is 17.1. The summed E-state index contributed by atoms with van der Waals surface area (Å²) < 4.78 is 11.4. The molecule has 1 heterocycles. The number of hydrogen-bond acceptors (Lipinski definition) is 5. The van der Waals surface area contributed by atoms with Gasteiger partial charge in [0.2, 0.25) is 0 Å². The standard InChI is InChI=1S/C23H47N5O3/c1-9-27(22(29)31-23(3,4)5)18-19-11-15-28(16-12-19)21(24-6)25-17-20(30-10-2)13-14-26(7)8/h19-20H,9-18H2,1-8H3,(H,24,25). The first-order valence-electron chi connectivity index (χ1n) is 11.8. The van der Waals surface area contributed by atoms with E-state index in [1.54, 1.807) is 0 Å². The molecule has 31 heavy (non-hydrogen) atoms. The van der Waals surface area contributed by atoms with Crippen molar-refractivity contribution >= 4 is 12.1 Å². The maximum absolute atomic E-state index is 12.4. The number of guanidine groups is 1. The summed E-state index contributed by atoms with van der Waals surface area (Å²) in [7, 11) is 6.01. The summed E-state index contributed by atoms with van der Waals surface area (Å²) in [5.74, 6) is 1.42. The van der Waals surface area contributed by atoms with Crippen LogP contribution in [-0.2, 0) is 9.47 Å². The minimum Gasteiger partial charge on any atom is -0.444 e. The third-order valence-corrected chi connectivity index (χ3v) is 5.43. The molecule has 8 heteroatoms. The molecule has 1 atom stereocenters. The van der Waals surface area contributed by atoms with Gasteiger partial charge in [0, 0.05) is 52.9 Å². The zero-order valence-electron chi connectivity index (χ0n) is 21.2. The summed E-state index contributed by atoms with van der Waals surface area (Å²) in [5.41, 5.74) is -0.460. The molecular weight excluding hydrogens is 394 g/mol. The topological polar surface area (TPSA) is 69.6 Å². The molecule has 0 saturated carbocycles. The molecule has 1 saturated heterocycles. The number of nitrogens with zero attached hydrogens (tertiary/aromatic N) is 4. The van der Waals surface area contributed by atoms with Crippen LogP contribution in [0.15, 0.2) is 4.99 Å². The van der Waals surface area contributed by atoms with Crippen molar-refractivity contribution in [2.45, 2.75) is 65.6 Å². The predicted molar refractivity (Wildman–Crippen MR) is 128 cm³/mol. The minimum absolute atomic E-state index is 0.175. The molecule has 0 aromatic heterocycles. The number of carbonyl (C=O) groups excluding carboxylic acids is 1. The Bertz CT molecular complexity index is 540. The van der Waals surface area contributed by atoms with Gasteiger partial charge in [0.25, 0.3) is 0 Å². The van der Waals surface area contributed by atoms with E-state index in [2.05, 4.69) is 34.2 Å². The second kappa shape index (κ2) is 13.8. The van der Waals surface area contributed by atoms with Crippen molar-refractivity contribution < 1.29 is 14.3 Å². The molecule has 1 amide bonds. The van der Waals surface area contributed by atoms with Gasteiger partial charge in [-0.1, -0.05) is 0 Å². The Balaban J connectivity index is 2.50. The number of likely N-dealkylation sites (tertiary alicyclic amines) is 1. The lowest BCUT2D eigenvalue weighted by atomic mass is 9.96. The van der Waals surface area contributed by atoms with Gasteiger partial charge in [0.05, 0.1) is 6.10 Å². The van der Waals surface area contributed by atoms with Crippen LogP contribution >= 0.6 is 0 Å². The number of rotatable bonds is 10. The van der Waals surface area contributed by atoms with Crippen molar-refractivity contribution in [1.82, 2.24) is 20.0 Å². The summed E-state index contributed by atoms with van der Waals surface area (Å²) in [5, 5.41) is 3.51. The van der Waals surface area contributed by atoms with Gasteiger partial charge in [-0.15, -0.1) is 0 Å². The maximum Gasteiger partial charge on any atom is 0.410 e. The maximum atomic E-state index is 12.4. The van der Waals surface area contributed by atoms with Gasteiger partial charge in [-0.3, -0.25) is 4.99 Å². The highest BCUT2D eigenvalue weighted by molar-refractivity contribution is 5.80. The first-order valence-corrected chi connectivity index (χ1v) is 11.8. The Morgan fingerprint density at radius 1 is 1.23 bits per heavy atom. The van der Waals surface area contributed by atoms with Crippen LogP contribution in [0.2, 0.25) is 0 Å². The van der Waals surface area contributed by atoms with Gasteiger partial charge in [0.15, 0.2) is 5.96 Å². The molecule has 182 valence electrons. The minimum atomic E-state index is -0.460. The highest BCUT2D eigenvalue weighted by Crippen LogP contribution is 2.20. The van der Waals surface area contributed by atoms with Crippen molar-refractivity contribution in [3.8, 4) is 0 Å². The van der Waals surface area contributed by atoms with Gasteiger partial charge in [0.1, 0.15) is 5.60 Å². The SMILES string of the molecule is CCOC(CCN(C)C)CNC(=NC)N1CCC(CN(CC)C(=O)OC(C)(C)C)CC1. The quantitative estimate of drug-likeness (QED) is 0.415. The molecule has 8 nitrogen and oxygen atoms in total. The van der Waals surface area contributed by atoms with Gasteiger partial charge < -0.3 is 29.5 Å². The van der Waals surface area contributed by atoms with Crippen LogP contribution in [-0.4, -0.2) is 105 Å². The summed E-state index contributed by atoms with van der Waals surface area (Å²) in [6.07, 6.45) is 3.03. The monoisotopic (exact) mass is 441 g/mol. The molecule has 1 rings (SSSR count). The Kier molecular flexibility index (Phi) is 12.2. The summed E-state index contributed by atoms with van der Waals surface area (Å²) in [4.78, 5) is 23.2. The van der Waals surface area contributed by atoms with Gasteiger partial charge >= 0.3 is 6.09 Å². The fourth-order valence-corrected chi connectivity index (χ4v) is 3.72. The number of nitrogens with one attached hydrogen (secondary N) is 1. The Morgan fingerprint density at radius 2 is 1.87 bits per heavy atom. The fraction of sp³-hybridized carbons (Fsp3) is 0.913.